The fourth-order valence-electron chi connectivity index (χ4n) is 2.00. The lowest BCUT2D eigenvalue weighted by Gasteiger charge is -2.16. The fourth-order valence-corrected chi connectivity index (χ4v) is 2.00. The van der Waals surface area contributed by atoms with E-state index in [4.69, 9.17) is 9.47 Å². The molecule has 6 heteroatoms. The summed E-state index contributed by atoms with van der Waals surface area (Å²) in [6, 6.07) is 1.72. The fraction of sp³-hybridized carbons (Fsp3) is 0.385. The molecule has 0 bridgehead atoms. The molecule has 1 atom stereocenters. The van der Waals surface area contributed by atoms with Crippen molar-refractivity contribution in [3.8, 4) is 11.5 Å². The topological polar surface area (TPSA) is 69.4 Å². The van der Waals surface area contributed by atoms with Gasteiger partial charge in [-0.3, -0.25) is 9.67 Å². The Kier molecular flexibility index (Phi) is 4.01. The largest absolute Gasteiger partial charge is 0.495 e. The molecule has 0 radical (unpaired) electrons. The Morgan fingerprint density at radius 1 is 1.26 bits per heavy atom. The van der Waals surface area contributed by atoms with Gasteiger partial charge >= 0.3 is 0 Å². The van der Waals surface area contributed by atoms with Crippen LogP contribution in [-0.2, 0) is 6.54 Å². The van der Waals surface area contributed by atoms with Crippen LogP contribution in [0.2, 0.25) is 0 Å². The molecule has 0 amide bonds. The van der Waals surface area contributed by atoms with E-state index in [0.29, 0.717) is 29.3 Å². The molecule has 1 unspecified atom stereocenters. The summed E-state index contributed by atoms with van der Waals surface area (Å²) in [5.74, 6) is 1.08. The van der Waals surface area contributed by atoms with E-state index >= 15 is 0 Å². The molecule has 0 aliphatic carbocycles. The van der Waals surface area contributed by atoms with Crippen molar-refractivity contribution in [2.24, 2.45) is 0 Å². The highest BCUT2D eigenvalue weighted by atomic mass is 16.5. The quantitative estimate of drug-likeness (QED) is 0.883. The lowest BCUT2D eigenvalue weighted by molar-refractivity contribution is 0.197. The van der Waals surface area contributed by atoms with Crippen molar-refractivity contribution in [2.75, 3.05) is 14.2 Å². The number of aliphatic hydroxyl groups is 1. The number of aliphatic hydroxyl groups excluding tert-OH is 1. The Balaban J connectivity index is 2.49. The van der Waals surface area contributed by atoms with Crippen molar-refractivity contribution in [1.82, 2.24) is 14.8 Å². The van der Waals surface area contributed by atoms with E-state index in [-0.39, 0.29) is 0 Å². The van der Waals surface area contributed by atoms with Gasteiger partial charge in [0.2, 0.25) is 0 Å². The maximum Gasteiger partial charge on any atom is 0.163 e. The minimum Gasteiger partial charge on any atom is -0.495 e. The predicted octanol–water partition coefficient (Wildman–Crippen LogP) is 1.40. The second-order valence-electron chi connectivity index (χ2n) is 3.93. The Morgan fingerprint density at radius 3 is 2.63 bits per heavy atom. The zero-order valence-electron chi connectivity index (χ0n) is 11.2. The highest BCUT2D eigenvalue weighted by molar-refractivity contribution is 5.40. The van der Waals surface area contributed by atoms with Crippen LogP contribution in [0.4, 0.5) is 0 Å². The standard InChI is InChI=1S/C13H17N3O3/c1-4-16-12(11(19-3)8-15-16)13(17)9-5-6-14-7-10(9)18-2/h5-8,13,17H,4H2,1-3H3. The first-order valence-corrected chi connectivity index (χ1v) is 5.98. The number of aryl methyl sites for hydroxylation is 1. The van der Waals surface area contributed by atoms with Gasteiger partial charge in [0, 0.05) is 18.3 Å². The first-order valence-electron chi connectivity index (χ1n) is 5.98. The zero-order chi connectivity index (χ0) is 13.8. The van der Waals surface area contributed by atoms with Crippen LogP contribution in [0.5, 0.6) is 11.5 Å². The summed E-state index contributed by atoms with van der Waals surface area (Å²) in [7, 11) is 3.10. The van der Waals surface area contributed by atoms with Gasteiger partial charge < -0.3 is 14.6 Å². The normalized spacial score (nSPS) is 12.2. The lowest BCUT2D eigenvalue weighted by Crippen LogP contribution is -2.11. The van der Waals surface area contributed by atoms with E-state index in [0.717, 1.165) is 0 Å². The van der Waals surface area contributed by atoms with Crippen LogP contribution < -0.4 is 9.47 Å². The van der Waals surface area contributed by atoms with Gasteiger partial charge in [-0.15, -0.1) is 0 Å². The minimum absolute atomic E-state index is 0.529. The van der Waals surface area contributed by atoms with Gasteiger partial charge in [-0.05, 0) is 13.0 Å². The molecule has 0 saturated carbocycles. The highest BCUT2D eigenvalue weighted by Gasteiger charge is 2.23. The molecule has 19 heavy (non-hydrogen) atoms. The summed E-state index contributed by atoms with van der Waals surface area (Å²) >= 11 is 0. The number of rotatable bonds is 5. The molecule has 2 aromatic rings. The molecule has 2 rings (SSSR count). The predicted molar refractivity (Wildman–Crippen MR) is 69.3 cm³/mol. The van der Waals surface area contributed by atoms with Crippen LogP contribution in [0, 0.1) is 0 Å². The second kappa shape index (κ2) is 5.71. The number of ether oxygens (including phenoxy) is 2. The number of hydrogen-bond donors (Lipinski definition) is 1. The number of nitrogens with zero attached hydrogens (tertiary/aromatic N) is 3. The molecule has 2 aromatic heterocycles. The van der Waals surface area contributed by atoms with E-state index in [9.17, 15) is 5.11 Å². The van der Waals surface area contributed by atoms with Gasteiger partial charge in [0.05, 0.1) is 26.6 Å². The first-order chi connectivity index (χ1) is 9.22. The number of pyridine rings is 1. The molecule has 0 saturated heterocycles. The molecule has 102 valence electrons. The lowest BCUT2D eigenvalue weighted by atomic mass is 10.1. The molecular formula is C13H17N3O3. The Bertz CT molecular complexity index is 532. The first kappa shape index (κ1) is 13.4. The van der Waals surface area contributed by atoms with Gasteiger partial charge in [-0.2, -0.15) is 5.10 Å². The number of aromatic nitrogens is 3. The van der Waals surface area contributed by atoms with Crippen LogP contribution in [0.1, 0.15) is 24.3 Å². The van der Waals surface area contributed by atoms with E-state index in [2.05, 4.69) is 10.1 Å². The maximum absolute atomic E-state index is 10.6. The van der Waals surface area contributed by atoms with Crippen molar-refractivity contribution < 1.29 is 14.6 Å². The Morgan fingerprint density at radius 2 is 2.00 bits per heavy atom. The summed E-state index contributed by atoms with van der Waals surface area (Å²) in [4.78, 5) is 3.98. The van der Waals surface area contributed by atoms with E-state index < -0.39 is 6.10 Å². The van der Waals surface area contributed by atoms with Crippen LogP contribution >= 0.6 is 0 Å². The maximum atomic E-state index is 10.6. The molecule has 0 aliphatic rings. The summed E-state index contributed by atoms with van der Waals surface area (Å²) in [6.07, 6.45) is 3.89. The van der Waals surface area contributed by atoms with Gasteiger partial charge in [0.25, 0.3) is 0 Å². The molecule has 2 heterocycles. The summed E-state index contributed by atoms with van der Waals surface area (Å²) in [5.41, 5.74) is 1.24. The van der Waals surface area contributed by atoms with Crippen molar-refractivity contribution in [3.63, 3.8) is 0 Å². The molecule has 6 nitrogen and oxygen atoms in total. The molecule has 0 fully saturated rings. The zero-order valence-corrected chi connectivity index (χ0v) is 11.2. The van der Waals surface area contributed by atoms with Crippen LogP contribution in [-0.4, -0.2) is 34.1 Å². The average molecular weight is 263 g/mol. The monoisotopic (exact) mass is 263 g/mol. The van der Waals surface area contributed by atoms with Gasteiger partial charge in [0.1, 0.15) is 17.5 Å². The summed E-state index contributed by atoms with van der Waals surface area (Å²) in [5, 5.41) is 14.8. The Labute approximate surface area is 111 Å². The molecule has 0 aliphatic heterocycles. The van der Waals surface area contributed by atoms with Gasteiger partial charge in [-0.25, -0.2) is 0 Å². The minimum atomic E-state index is -0.879. The van der Waals surface area contributed by atoms with Crippen molar-refractivity contribution in [3.05, 3.63) is 35.9 Å². The summed E-state index contributed by atoms with van der Waals surface area (Å²) in [6.45, 7) is 2.59. The second-order valence-corrected chi connectivity index (χ2v) is 3.93. The highest BCUT2D eigenvalue weighted by Crippen LogP contribution is 2.33. The third kappa shape index (κ3) is 2.39. The smallest absolute Gasteiger partial charge is 0.163 e. The number of hydrogen-bond acceptors (Lipinski definition) is 5. The van der Waals surface area contributed by atoms with Crippen molar-refractivity contribution >= 4 is 0 Å². The average Bonchev–Trinajstić information content (AvgIpc) is 2.89. The van der Waals surface area contributed by atoms with Crippen LogP contribution in [0.15, 0.2) is 24.7 Å². The number of methoxy groups -OCH3 is 2. The van der Waals surface area contributed by atoms with Crippen LogP contribution in [0.25, 0.3) is 0 Å². The molecule has 1 N–H and O–H groups in total. The van der Waals surface area contributed by atoms with Crippen molar-refractivity contribution in [2.45, 2.75) is 19.6 Å². The van der Waals surface area contributed by atoms with E-state index in [1.807, 2.05) is 6.92 Å². The van der Waals surface area contributed by atoms with Crippen LogP contribution in [0.3, 0.4) is 0 Å². The van der Waals surface area contributed by atoms with E-state index in [1.54, 1.807) is 43.6 Å². The third-order valence-electron chi connectivity index (χ3n) is 2.95. The van der Waals surface area contributed by atoms with Gasteiger partial charge in [-0.1, -0.05) is 0 Å². The van der Waals surface area contributed by atoms with E-state index in [1.165, 1.54) is 0 Å². The molecule has 0 spiro atoms. The van der Waals surface area contributed by atoms with Crippen molar-refractivity contribution in [1.29, 1.82) is 0 Å². The Hall–Kier alpha value is -2.08. The molecule has 0 aromatic carbocycles. The third-order valence-corrected chi connectivity index (χ3v) is 2.95. The SMILES string of the molecule is CCn1ncc(OC)c1C(O)c1ccncc1OC. The van der Waals surface area contributed by atoms with Gasteiger partial charge in [0.15, 0.2) is 5.75 Å². The summed E-state index contributed by atoms with van der Waals surface area (Å²) < 4.78 is 12.2. The molecular weight excluding hydrogens is 246 g/mol.